The molecule has 4 saturated heterocycles. The molecule has 0 aromatic rings. The van der Waals surface area contributed by atoms with Crippen LogP contribution in [0.4, 0.5) is 0 Å². The number of epoxide rings is 3. The summed E-state index contributed by atoms with van der Waals surface area (Å²) >= 11 is 0. The van der Waals surface area contributed by atoms with Gasteiger partial charge in [-0.15, -0.1) is 0 Å². The van der Waals surface area contributed by atoms with Crippen molar-refractivity contribution in [1.29, 1.82) is 0 Å². The van der Waals surface area contributed by atoms with Crippen LogP contribution in [0.3, 0.4) is 0 Å². The van der Waals surface area contributed by atoms with Gasteiger partial charge >= 0.3 is 0 Å². The molecule has 0 spiro atoms. The van der Waals surface area contributed by atoms with E-state index in [-0.39, 0.29) is 0 Å². The minimum absolute atomic E-state index is 0.626. The SMILES string of the molecule is C[Si](C)(CCC1CCC2OC2C1)O[Si](C)(C)CCC1CCC2OC2C1.C[Si]1(CCC2CCC3OC3C2)CCCCO1. The lowest BCUT2D eigenvalue weighted by Gasteiger charge is -2.36. The topological polar surface area (TPSA) is 56.0 Å². The lowest BCUT2D eigenvalue weighted by Crippen LogP contribution is -2.44. The number of ether oxygens (including phenoxy) is 3. The van der Waals surface area contributed by atoms with Gasteiger partial charge < -0.3 is 22.8 Å². The molecule has 7 rings (SSSR count). The van der Waals surface area contributed by atoms with Gasteiger partial charge in [-0.1, -0.05) is 25.7 Å². The van der Waals surface area contributed by atoms with Crippen molar-refractivity contribution in [2.24, 2.45) is 17.8 Å². The van der Waals surface area contributed by atoms with Crippen LogP contribution in [0, 0.1) is 17.8 Å². The lowest BCUT2D eigenvalue weighted by molar-refractivity contribution is 0.264. The van der Waals surface area contributed by atoms with Crippen molar-refractivity contribution in [1.82, 2.24) is 0 Å². The molecule has 4 heterocycles. The highest BCUT2D eigenvalue weighted by atomic mass is 28.4. The zero-order chi connectivity index (χ0) is 28.7. The van der Waals surface area contributed by atoms with Crippen LogP contribution in [0.1, 0.15) is 89.9 Å². The minimum atomic E-state index is -1.53. The van der Waals surface area contributed by atoms with Gasteiger partial charge in [-0.3, -0.25) is 0 Å². The maximum Gasteiger partial charge on any atom is 0.189 e. The van der Waals surface area contributed by atoms with Crippen molar-refractivity contribution in [2.75, 3.05) is 6.61 Å². The second-order valence-electron chi connectivity index (χ2n) is 16.7. The predicted octanol–water partition coefficient (Wildman–Crippen LogP) is 8.66. The van der Waals surface area contributed by atoms with Gasteiger partial charge in [0.1, 0.15) is 0 Å². The van der Waals surface area contributed by atoms with Crippen LogP contribution in [0.15, 0.2) is 0 Å². The molecule has 41 heavy (non-hydrogen) atoms. The van der Waals surface area contributed by atoms with Crippen LogP contribution in [-0.4, -0.2) is 68.2 Å². The zero-order valence-electron chi connectivity index (χ0n) is 27.2. The predicted molar refractivity (Wildman–Crippen MR) is 174 cm³/mol. The van der Waals surface area contributed by atoms with Gasteiger partial charge in [0.2, 0.25) is 0 Å². The maximum absolute atomic E-state index is 6.90. The third-order valence-electron chi connectivity index (χ3n) is 11.8. The molecule has 0 radical (unpaired) electrons. The highest BCUT2D eigenvalue weighted by Crippen LogP contribution is 2.44. The van der Waals surface area contributed by atoms with E-state index < -0.39 is 25.0 Å². The molecule has 10 unspecified atom stereocenters. The molecule has 0 amide bonds. The first kappa shape index (κ1) is 31.4. The van der Waals surface area contributed by atoms with Crippen LogP contribution < -0.4 is 0 Å². The molecule has 0 N–H and O–H groups in total. The molecule has 5 nitrogen and oxygen atoms in total. The summed E-state index contributed by atoms with van der Waals surface area (Å²) < 4.78 is 30.0. The second kappa shape index (κ2) is 13.1. The Balaban J connectivity index is 0.000000162. The number of hydrogen-bond acceptors (Lipinski definition) is 5. The average Bonchev–Trinajstić information content (AvgIpc) is 3.82. The number of rotatable bonds is 11. The fourth-order valence-corrected chi connectivity index (χ4v) is 21.1. The summed E-state index contributed by atoms with van der Waals surface area (Å²) in [6.07, 6.45) is 22.8. The molecule has 10 atom stereocenters. The van der Waals surface area contributed by atoms with Crippen molar-refractivity contribution >= 4 is 25.0 Å². The van der Waals surface area contributed by atoms with Gasteiger partial charge in [0.15, 0.2) is 25.0 Å². The summed E-state index contributed by atoms with van der Waals surface area (Å²) in [6.45, 7) is 13.3. The van der Waals surface area contributed by atoms with E-state index >= 15 is 0 Å². The molecule has 0 aromatic heterocycles. The molecule has 7 fully saturated rings. The monoisotopic (exact) mass is 622 g/mol. The van der Waals surface area contributed by atoms with Crippen LogP contribution in [-0.2, 0) is 22.8 Å². The molecule has 8 heteroatoms. The molecule has 0 aromatic carbocycles. The largest absolute Gasteiger partial charge is 0.455 e. The smallest absolute Gasteiger partial charge is 0.189 e. The summed E-state index contributed by atoms with van der Waals surface area (Å²) in [5.74, 6) is 2.74. The van der Waals surface area contributed by atoms with E-state index in [1.165, 1.54) is 114 Å². The molecule has 236 valence electrons. The Bertz CT molecular complexity index is 822. The van der Waals surface area contributed by atoms with Crippen LogP contribution in [0.2, 0.25) is 56.9 Å². The summed E-state index contributed by atoms with van der Waals surface area (Å²) in [5, 5.41) is 0. The first-order valence-electron chi connectivity index (χ1n) is 17.9. The molecule has 3 saturated carbocycles. The molecular formula is C33H62O5Si3. The Morgan fingerprint density at radius 3 is 1.49 bits per heavy atom. The van der Waals surface area contributed by atoms with E-state index in [1.54, 1.807) is 0 Å². The van der Waals surface area contributed by atoms with Crippen LogP contribution in [0.25, 0.3) is 0 Å². The van der Waals surface area contributed by atoms with Crippen molar-refractivity contribution in [3.63, 3.8) is 0 Å². The Hall–Kier alpha value is 0.451. The normalized spacial score (nSPS) is 43.1. The highest BCUT2D eigenvalue weighted by Gasteiger charge is 2.46. The first-order chi connectivity index (χ1) is 19.5. The Labute approximate surface area is 254 Å². The van der Waals surface area contributed by atoms with E-state index in [4.69, 9.17) is 22.8 Å². The molecule has 3 aliphatic carbocycles. The van der Waals surface area contributed by atoms with Gasteiger partial charge in [-0.05, 0) is 139 Å². The van der Waals surface area contributed by atoms with E-state index in [0.717, 1.165) is 24.4 Å². The molecule has 0 bridgehead atoms. The average molecular weight is 623 g/mol. The quantitative estimate of drug-likeness (QED) is 0.170. The van der Waals surface area contributed by atoms with E-state index in [9.17, 15) is 0 Å². The number of hydrogen-bond donors (Lipinski definition) is 0. The standard InChI is InChI=1S/C20H38O3Si2.C13H24O2Si/c1-24(2,11-9-15-5-7-17-19(13-15)21-17)23-25(3,4)12-10-16-6-8-18-20(14-16)22-18;1-16(8-3-2-7-14-16)9-6-11-4-5-12-13(10-11)15-12/h15-20H,5-14H2,1-4H3;11-13H,2-10H2,1H3. The van der Waals surface area contributed by atoms with Crippen LogP contribution >= 0.6 is 0 Å². The maximum atomic E-state index is 6.90. The van der Waals surface area contributed by atoms with Gasteiger partial charge in [0.05, 0.1) is 36.6 Å². The third kappa shape index (κ3) is 9.47. The minimum Gasteiger partial charge on any atom is -0.455 e. The lowest BCUT2D eigenvalue weighted by atomic mass is 9.88. The van der Waals surface area contributed by atoms with Crippen molar-refractivity contribution in [2.45, 2.75) is 183 Å². The zero-order valence-corrected chi connectivity index (χ0v) is 30.2. The van der Waals surface area contributed by atoms with Crippen LogP contribution in [0.5, 0.6) is 0 Å². The van der Waals surface area contributed by atoms with Crippen molar-refractivity contribution in [3.8, 4) is 0 Å². The Morgan fingerprint density at radius 1 is 0.610 bits per heavy atom. The van der Waals surface area contributed by atoms with Crippen molar-refractivity contribution < 1.29 is 22.8 Å². The molecular weight excluding hydrogens is 561 g/mol. The van der Waals surface area contributed by atoms with E-state index in [0.29, 0.717) is 36.6 Å². The first-order valence-corrected chi connectivity index (χ1v) is 26.9. The highest BCUT2D eigenvalue weighted by molar-refractivity contribution is 6.84. The van der Waals surface area contributed by atoms with Gasteiger partial charge in [-0.25, -0.2) is 0 Å². The summed E-state index contributed by atoms with van der Waals surface area (Å²) in [7, 11) is -4.32. The van der Waals surface area contributed by atoms with Gasteiger partial charge in [0.25, 0.3) is 0 Å². The van der Waals surface area contributed by atoms with E-state index in [1.807, 2.05) is 0 Å². The van der Waals surface area contributed by atoms with Gasteiger partial charge in [0, 0.05) is 6.61 Å². The molecule has 4 aliphatic heterocycles. The molecule has 7 aliphatic rings. The van der Waals surface area contributed by atoms with E-state index in [2.05, 4.69) is 32.7 Å². The summed E-state index contributed by atoms with van der Waals surface area (Å²) in [5.41, 5.74) is 0. The third-order valence-corrected chi connectivity index (χ3v) is 22.9. The fraction of sp³-hybridized carbons (Fsp3) is 1.00. The fourth-order valence-electron chi connectivity index (χ4n) is 8.90. The Kier molecular flexibility index (Phi) is 10.0. The van der Waals surface area contributed by atoms with Crippen molar-refractivity contribution in [3.05, 3.63) is 0 Å². The summed E-state index contributed by atoms with van der Waals surface area (Å²) in [6, 6.07) is 5.48. The second-order valence-corrected chi connectivity index (χ2v) is 29.7. The summed E-state index contributed by atoms with van der Waals surface area (Å²) in [4.78, 5) is 0. The number of fused-ring (bicyclic) bond motifs is 3. The Morgan fingerprint density at radius 2 is 1.07 bits per heavy atom. The van der Waals surface area contributed by atoms with Gasteiger partial charge in [-0.2, -0.15) is 0 Å².